The van der Waals surface area contributed by atoms with Crippen LogP contribution in [0.3, 0.4) is 0 Å². The van der Waals surface area contributed by atoms with Gasteiger partial charge in [-0.25, -0.2) is 8.78 Å². The first-order chi connectivity index (χ1) is 8.09. The van der Waals surface area contributed by atoms with Crippen LogP contribution in [-0.4, -0.2) is 5.11 Å². The molecule has 0 spiro atoms. The second-order valence-electron chi connectivity index (χ2n) is 3.89. The zero-order chi connectivity index (χ0) is 12.4. The molecular weight excluding hydrogens is 242 g/mol. The first-order valence-corrected chi connectivity index (χ1v) is 6.12. The number of hydrogen-bond donors (Lipinski definition) is 1. The van der Waals surface area contributed by atoms with Crippen molar-refractivity contribution in [2.24, 2.45) is 0 Å². The van der Waals surface area contributed by atoms with E-state index in [0.29, 0.717) is 0 Å². The molecule has 0 aliphatic heterocycles. The van der Waals surface area contributed by atoms with Gasteiger partial charge in [0.05, 0.1) is 6.10 Å². The van der Waals surface area contributed by atoms with Crippen molar-refractivity contribution >= 4 is 11.3 Å². The van der Waals surface area contributed by atoms with Gasteiger partial charge in [-0.3, -0.25) is 0 Å². The molecule has 2 rings (SSSR count). The molecule has 90 valence electrons. The van der Waals surface area contributed by atoms with Crippen LogP contribution in [0, 0.1) is 18.6 Å². The third kappa shape index (κ3) is 2.53. The number of thiophene rings is 1. The normalized spacial score (nSPS) is 12.7. The summed E-state index contributed by atoms with van der Waals surface area (Å²) in [6, 6.07) is 5.59. The quantitative estimate of drug-likeness (QED) is 0.887. The van der Waals surface area contributed by atoms with Gasteiger partial charge in [-0.15, -0.1) is 11.3 Å². The van der Waals surface area contributed by atoms with Gasteiger partial charge in [-0.05, 0) is 36.1 Å². The lowest BCUT2D eigenvalue weighted by molar-refractivity contribution is 0.179. The van der Waals surface area contributed by atoms with Crippen LogP contribution in [0.25, 0.3) is 0 Å². The number of halogens is 2. The summed E-state index contributed by atoms with van der Waals surface area (Å²) in [5.41, 5.74) is 0.882. The van der Waals surface area contributed by atoms with Crippen LogP contribution >= 0.6 is 11.3 Å². The SMILES string of the molecule is Cc1ccsc1C(O)Cc1c(F)cccc1F. The summed E-state index contributed by atoms with van der Waals surface area (Å²) < 4.78 is 26.8. The highest BCUT2D eigenvalue weighted by atomic mass is 32.1. The van der Waals surface area contributed by atoms with E-state index in [4.69, 9.17) is 0 Å². The third-order valence-electron chi connectivity index (χ3n) is 2.66. The molecule has 1 unspecified atom stereocenters. The highest BCUT2D eigenvalue weighted by Gasteiger charge is 2.17. The summed E-state index contributed by atoms with van der Waals surface area (Å²) in [5, 5.41) is 11.8. The third-order valence-corrected chi connectivity index (χ3v) is 3.78. The summed E-state index contributed by atoms with van der Waals surface area (Å²) in [7, 11) is 0. The molecule has 0 fully saturated rings. The van der Waals surface area contributed by atoms with E-state index in [0.717, 1.165) is 10.4 Å². The van der Waals surface area contributed by atoms with Gasteiger partial charge in [0.1, 0.15) is 11.6 Å². The molecule has 1 heterocycles. The van der Waals surface area contributed by atoms with Gasteiger partial charge >= 0.3 is 0 Å². The zero-order valence-corrected chi connectivity index (χ0v) is 10.1. The van der Waals surface area contributed by atoms with E-state index >= 15 is 0 Å². The average molecular weight is 254 g/mol. The van der Waals surface area contributed by atoms with Crippen LogP contribution in [0.2, 0.25) is 0 Å². The van der Waals surface area contributed by atoms with Crippen molar-refractivity contribution in [3.05, 3.63) is 57.3 Å². The summed E-state index contributed by atoms with van der Waals surface area (Å²) in [6.45, 7) is 1.87. The second kappa shape index (κ2) is 4.94. The monoisotopic (exact) mass is 254 g/mol. The minimum atomic E-state index is -0.860. The lowest BCUT2D eigenvalue weighted by Gasteiger charge is -2.11. The van der Waals surface area contributed by atoms with Crippen molar-refractivity contribution in [1.29, 1.82) is 0 Å². The minimum Gasteiger partial charge on any atom is -0.387 e. The molecule has 17 heavy (non-hydrogen) atoms. The van der Waals surface area contributed by atoms with E-state index in [1.54, 1.807) is 0 Å². The van der Waals surface area contributed by atoms with E-state index in [2.05, 4.69) is 0 Å². The van der Waals surface area contributed by atoms with Crippen LogP contribution in [-0.2, 0) is 6.42 Å². The fourth-order valence-electron chi connectivity index (χ4n) is 1.74. The van der Waals surface area contributed by atoms with Crippen molar-refractivity contribution < 1.29 is 13.9 Å². The Morgan fingerprint density at radius 2 is 1.88 bits per heavy atom. The van der Waals surface area contributed by atoms with Crippen LogP contribution in [0.5, 0.6) is 0 Å². The Morgan fingerprint density at radius 3 is 2.41 bits per heavy atom. The summed E-state index contributed by atoms with van der Waals surface area (Å²) in [5.74, 6) is -1.23. The van der Waals surface area contributed by atoms with E-state index in [9.17, 15) is 13.9 Å². The molecule has 0 amide bonds. The number of hydrogen-bond acceptors (Lipinski definition) is 2. The minimum absolute atomic E-state index is 0.0418. The molecular formula is C13H12F2OS. The smallest absolute Gasteiger partial charge is 0.129 e. The average Bonchev–Trinajstić information content (AvgIpc) is 2.70. The molecule has 1 nitrogen and oxygen atoms in total. The molecule has 1 aromatic carbocycles. The van der Waals surface area contributed by atoms with E-state index in [1.165, 1.54) is 29.5 Å². The topological polar surface area (TPSA) is 20.2 Å². The molecule has 1 atom stereocenters. The first kappa shape index (κ1) is 12.2. The molecule has 1 aromatic heterocycles. The molecule has 0 aliphatic rings. The molecule has 0 radical (unpaired) electrons. The van der Waals surface area contributed by atoms with E-state index in [-0.39, 0.29) is 12.0 Å². The Balaban J connectivity index is 2.25. The van der Waals surface area contributed by atoms with Gasteiger partial charge in [0.15, 0.2) is 0 Å². The predicted molar refractivity (Wildman–Crippen MR) is 64.1 cm³/mol. The number of aryl methyl sites for hydroxylation is 1. The highest BCUT2D eigenvalue weighted by molar-refractivity contribution is 7.10. The number of aliphatic hydroxyl groups excluding tert-OH is 1. The van der Waals surface area contributed by atoms with Gasteiger partial charge in [0.25, 0.3) is 0 Å². The van der Waals surface area contributed by atoms with Gasteiger partial charge in [-0.1, -0.05) is 6.07 Å². The van der Waals surface area contributed by atoms with Gasteiger partial charge in [-0.2, -0.15) is 0 Å². The maximum absolute atomic E-state index is 13.4. The van der Waals surface area contributed by atoms with Crippen molar-refractivity contribution in [2.75, 3.05) is 0 Å². The number of benzene rings is 1. The fraction of sp³-hybridized carbons (Fsp3) is 0.231. The summed E-state index contributed by atoms with van der Waals surface area (Å²) >= 11 is 1.39. The summed E-state index contributed by atoms with van der Waals surface area (Å²) in [6.07, 6.45) is -0.902. The van der Waals surface area contributed by atoms with Crippen LogP contribution in [0.4, 0.5) is 8.78 Å². The Morgan fingerprint density at radius 1 is 1.24 bits per heavy atom. The number of rotatable bonds is 3. The predicted octanol–water partition coefficient (Wildman–Crippen LogP) is 3.61. The summed E-state index contributed by atoms with van der Waals surface area (Å²) in [4.78, 5) is 0.757. The largest absolute Gasteiger partial charge is 0.387 e. The van der Waals surface area contributed by atoms with Gasteiger partial charge in [0, 0.05) is 16.9 Å². The van der Waals surface area contributed by atoms with Gasteiger partial charge in [0.2, 0.25) is 0 Å². The van der Waals surface area contributed by atoms with Crippen LogP contribution in [0.15, 0.2) is 29.6 Å². The highest BCUT2D eigenvalue weighted by Crippen LogP contribution is 2.28. The van der Waals surface area contributed by atoms with Gasteiger partial charge < -0.3 is 5.11 Å². The van der Waals surface area contributed by atoms with Crippen molar-refractivity contribution in [1.82, 2.24) is 0 Å². The molecule has 1 N–H and O–H groups in total. The Bertz CT molecular complexity index is 502. The maximum atomic E-state index is 13.4. The van der Waals surface area contributed by atoms with Crippen LogP contribution in [0.1, 0.15) is 22.1 Å². The Kier molecular flexibility index (Phi) is 3.54. The molecule has 2 aromatic rings. The van der Waals surface area contributed by atoms with E-state index in [1.807, 2.05) is 18.4 Å². The number of aliphatic hydroxyl groups is 1. The van der Waals surface area contributed by atoms with Crippen molar-refractivity contribution in [3.8, 4) is 0 Å². The molecule has 0 saturated heterocycles. The second-order valence-corrected chi connectivity index (χ2v) is 4.84. The maximum Gasteiger partial charge on any atom is 0.129 e. The van der Waals surface area contributed by atoms with Crippen molar-refractivity contribution in [3.63, 3.8) is 0 Å². The standard InChI is InChI=1S/C13H12F2OS/c1-8-5-6-17-13(8)12(16)7-9-10(14)3-2-4-11(9)15/h2-6,12,16H,7H2,1H3. The molecule has 4 heteroatoms. The Hall–Kier alpha value is -1.26. The van der Waals surface area contributed by atoms with E-state index < -0.39 is 17.7 Å². The molecule has 0 aliphatic carbocycles. The lowest BCUT2D eigenvalue weighted by Crippen LogP contribution is -2.05. The molecule has 0 saturated carbocycles. The first-order valence-electron chi connectivity index (χ1n) is 5.24. The lowest BCUT2D eigenvalue weighted by atomic mass is 10.0. The van der Waals surface area contributed by atoms with Crippen molar-refractivity contribution in [2.45, 2.75) is 19.4 Å². The van der Waals surface area contributed by atoms with Crippen LogP contribution < -0.4 is 0 Å². The fourth-order valence-corrected chi connectivity index (χ4v) is 2.65. The molecule has 0 bridgehead atoms. The Labute approximate surface area is 102 Å². The zero-order valence-electron chi connectivity index (χ0n) is 9.28.